The van der Waals surface area contributed by atoms with Crippen LogP contribution in [0.3, 0.4) is 0 Å². The average molecular weight is 427 g/mol. The molecule has 0 radical (unpaired) electrons. The lowest BCUT2D eigenvalue weighted by molar-refractivity contribution is -0.173. The third-order valence-corrected chi connectivity index (χ3v) is 10.4. The van der Waals surface area contributed by atoms with Gasteiger partial charge in [-0.05, 0) is 79.1 Å². The average Bonchev–Trinajstić information content (AvgIpc) is 3.05. The van der Waals surface area contributed by atoms with Gasteiger partial charge in [-0.15, -0.1) is 0 Å². The van der Waals surface area contributed by atoms with E-state index in [4.69, 9.17) is 0 Å². The van der Waals surface area contributed by atoms with E-state index in [0.29, 0.717) is 42.4 Å². The highest BCUT2D eigenvalue weighted by molar-refractivity contribution is 6.03. The molecule has 0 aliphatic heterocycles. The highest BCUT2D eigenvalue weighted by Gasteiger charge is 2.65. The van der Waals surface area contributed by atoms with E-state index in [2.05, 4.69) is 53.7 Å². The number of rotatable bonds is 4. The molecule has 3 heteroatoms. The quantitative estimate of drug-likeness (QED) is 0.568. The fourth-order valence-electron chi connectivity index (χ4n) is 7.78. The van der Waals surface area contributed by atoms with Crippen LogP contribution in [0, 0.1) is 46.3 Å². The molecule has 4 rings (SSSR count). The molecule has 0 bridgehead atoms. The molecule has 0 heterocycles. The van der Waals surface area contributed by atoms with Crippen LogP contribution in [0.2, 0.25) is 0 Å². The van der Waals surface area contributed by atoms with Crippen molar-refractivity contribution in [1.82, 2.24) is 0 Å². The summed E-state index contributed by atoms with van der Waals surface area (Å²) in [6.45, 7) is 13.8. The Morgan fingerprint density at radius 2 is 1.71 bits per heavy atom. The molecule has 172 valence electrons. The summed E-state index contributed by atoms with van der Waals surface area (Å²) in [5.41, 5.74) is -0.483. The Kier molecular flexibility index (Phi) is 5.69. The SMILES string of the molecule is CC(C)[C@@H](C)/C=C/[C@@H](C)[C@H]1CC[C@H]2C3=CC(=O)[C@@]4(O)CC(=O)CC[C@]4(C)[C@H]3CC[C@]12C. The zero-order chi connectivity index (χ0) is 22.8. The van der Waals surface area contributed by atoms with E-state index in [-0.39, 0.29) is 29.3 Å². The van der Waals surface area contributed by atoms with Crippen molar-refractivity contribution in [3.8, 4) is 0 Å². The second-order valence-electron chi connectivity index (χ2n) is 12.2. The summed E-state index contributed by atoms with van der Waals surface area (Å²) in [6.07, 6.45) is 12.3. The molecule has 4 aliphatic carbocycles. The molecule has 0 aromatic carbocycles. The summed E-state index contributed by atoms with van der Waals surface area (Å²) >= 11 is 0. The first-order chi connectivity index (χ1) is 14.4. The monoisotopic (exact) mass is 426 g/mol. The number of carbonyl (C=O) groups excluding carboxylic acids is 2. The fraction of sp³-hybridized carbons (Fsp3) is 0.786. The number of allylic oxidation sites excluding steroid dienone is 3. The van der Waals surface area contributed by atoms with Crippen LogP contribution in [0.1, 0.15) is 86.5 Å². The summed E-state index contributed by atoms with van der Waals surface area (Å²) in [5, 5.41) is 11.4. The van der Waals surface area contributed by atoms with Crippen LogP contribution in [-0.4, -0.2) is 22.3 Å². The van der Waals surface area contributed by atoms with Crippen molar-refractivity contribution in [2.75, 3.05) is 0 Å². The van der Waals surface area contributed by atoms with Gasteiger partial charge in [-0.1, -0.05) is 59.3 Å². The molecule has 3 fully saturated rings. The third kappa shape index (κ3) is 3.33. The Labute approximate surface area is 188 Å². The van der Waals surface area contributed by atoms with Gasteiger partial charge in [0, 0.05) is 18.3 Å². The van der Waals surface area contributed by atoms with Crippen molar-refractivity contribution in [2.45, 2.75) is 92.1 Å². The Morgan fingerprint density at radius 1 is 1.00 bits per heavy atom. The topological polar surface area (TPSA) is 54.4 Å². The molecule has 4 aliphatic rings. The van der Waals surface area contributed by atoms with Crippen molar-refractivity contribution >= 4 is 11.6 Å². The van der Waals surface area contributed by atoms with Crippen molar-refractivity contribution in [1.29, 1.82) is 0 Å². The number of fused-ring (bicyclic) bond motifs is 5. The molecule has 0 unspecified atom stereocenters. The molecule has 0 saturated heterocycles. The van der Waals surface area contributed by atoms with Crippen LogP contribution >= 0.6 is 0 Å². The summed E-state index contributed by atoms with van der Waals surface area (Å²) in [5.74, 6) is 2.90. The van der Waals surface area contributed by atoms with E-state index in [1.54, 1.807) is 6.08 Å². The van der Waals surface area contributed by atoms with Gasteiger partial charge in [0.25, 0.3) is 0 Å². The van der Waals surface area contributed by atoms with Gasteiger partial charge in [0.1, 0.15) is 11.4 Å². The summed E-state index contributed by atoms with van der Waals surface area (Å²) in [6, 6.07) is 0. The molecule has 0 spiro atoms. The van der Waals surface area contributed by atoms with E-state index in [1.165, 1.54) is 12.0 Å². The van der Waals surface area contributed by atoms with Gasteiger partial charge < -0.3 is 5.11 Å². The molecular weight excluding hydrogens is 384 g/mol. The molecule has 3 nitrogen and oxygen atoms in total. The molecule has 8 atom stereocenters. The smallest absolute Gasteiger partial charge is 0.188 e. The zero-order valence-corrected chi connectivity index (χ0v) is 20.4. The normalized spacial score (nSPS) is 44.6. The molecule has 31 heavy (non-hydrogen) atoms. The second kappa shape index (κ2) is 7.68. The van der Waals surface area contributed by atoms with E-state index in [0.717, 1.165) is 19.3 Å². The summed E-state index contributed by atoms with van der Waals surface area (Å²) < 4.78 is 0. The minimum Gasteiger partial charge on any atom is -0.381 e. The molecule has 1 N–H and O–H groups in total. The Hall–Kier alpha value is -1.22. The minimum absolute atomic E-state index is 0.00301. The van der Waals surface area contributed by atoms with Gasteiger partial charge in [0.15, 0.2) is 5.78 Å². The van der Waals surface area contributed by atoms with Crippen molar-refractivity contribution in [2.24, 2.45) is 46.3 Å². The molecule has 3 saturated carbocycles. The van der Waals surface area contributed by atoms with E-state index < -0.39 is 11.0 Å². The summed E-state index contributed by atoms with van der Waals surface area (Å²) in [4.78, 5) is 25.4. The molecule has 0 aromatic heterocycles. The number of ketones is 2. The maximum absolute atomic E-state index is 13.2. The first-order valence-electron chi connectivity index (χ1n) is 12.6. The van der Waals surface area contributed by atoms with E-state index in [1.807, 2.05) is 0 Å². The van der Waals surface area contributed by atoms with Gasteiger partial charge in [0.05, 0.1) is 0 Å². The lowest BCUT2D eigenvalue weighted by Gasteiger charge is -2.59. The second-order valence-corrected chi connectivity index (χ2v) is 12.2. The molecule has 0 amide bonds. The van der Waals surface area contributed by atoms with Gasteiger partial charge in [0.2, 0.25) is 0 Å². The van der Waals surface area contributed by atoms with Crippen LogP contribution in [0.4, 0.5) is 0 Å². The summed E-state index contributed by atoms with van der Waals surface area (Å²) in [7, 11) is 0. The van der Waals surface area contributed by atoms with Crippen LogP contribution in [0.5, 0.6) is 0 Å². The third-order valence-electron chi connectivity index (χ3n) is 10.4. The predicted molar refractivity (Wildman–Crippen MR) is 124 cm³/mol. The van der Waals surface area contributed by atoms with Gasteiger partial charge in [-0.25, -0.2) is 0 Å². The number of hydrogen-bond acceptors (Lipinski definition) is 3. The maximum atomic E-state index is 13.2. The van der Waals surface area contributed by atoms with E-state index in [9.17, 15) is 14.7 Å². The first kappa shape index (κ1) is 23.0. The molecule has 0 aromatic rings. The van der Waals surface area contributed by atoms with Crippen LogP contribution in [-0.2, 0) is 9.59 Å². The Balaban J connectivity index is 1.63. The Morgan fingerprint density at radius 3 is 2.39 bits per heavy atom. The lowest BCUT2D eigenvalue weighted by Crippen LogP contribution is -2.63. The fourth-order valence-corrected chi connectivity index (χ4v) is 7.78. The number of aliphatic hydroxyl groups is 1. The highest BCUT2D eigenvalue weighted by Crippen LogP contribution is 2.66. The van der Waals surface area contributed by atoms with Crippen LogP contribution in [0.15, 0.2) is 23.8 Å². The largest absolute Gasteiger partial charge is 0.381 e. The standard InChI is InChI=1S/C28H42O3/c1-17(2)18(3)7-8-19(4)22-9-10-23-21-15-25(30)28(31)16-20(29)11-14-27(28,6)24(21)12-13-26(22,23)5/h7-8,15,17-19,22-24,31H,9-14,16H2,1-6H3/b8-7+/t18-,19+,22+,23-,24-,26+,27+,28-/m0/s1. The van der Waals surface area contributed by atoms with Crippen molar-refractivity contribution in [3.63, 3.8) is 0 Å². The minimum atomic E-state index is -1.49. The van der Waals surface area contributed by atoms with E-state index >= 15 is 0 Å². The van der Waals surface area contributed by atoms with Crippen molar-refractivity contribution < 1.29 is 14.7 Å². The molecular formula is C28H42O3. The first-order valence-corrected chi connectivity index (χ1v) is 12.6. The van der Waals surface area contributed by atoms with Gasteiger partial charge in [-0.3, -0.25) is 9.59 Å². The number of hydrogen-bond donors (Lipinski definition) is 1. The lowest BCUT2D eigenvalue weighted by atomic mass is 9.46. The van der Waals surface area contributed by atoms with Gasteiger partial charge in [-0.2, -0.15) is 0 Å². The Bertz CT molecular complexity index is 822. The van der Waals surface area contributed by atoms with Crippen molar-refractivity contribution in [3.05, 3.63) is 23.8 Å². The number of Topliss-reactive ketones (excluding diaryl/α,β-unsaturated/α-hetero) is 1. The predicted octanol–water partition coefficient (Wildman–Crippen LogP) is 5.91. The zero-order valence-electron chi connectivity index (χ0n) is 20.4. The highest BCUT2D eigenvalue weighted by atomic mass is 16.3. The number of carbonyl (C=O) groups is 2. The maximum Gasteiger partial charge on any atom is 0.188 e. The van der Waals surface area contributed by atoms with Gasteiger partial charge >= 0.3 is 0 Å². The van der Waals surface area contributed by atoms with Crippen LogP contribution < -0.4 is 0 Å². The van der Waals surface area contributed by atoms with Crippen LogP contribution in [0.25, 0.3) is 0 Å².